The van der Waals surface area contributed by atoms with Crippen LogP contribution in [0.4, 0.5) is 0 Å². The molecule has 0 saturated heterocycles. The molecule has 13 heavy (non-hydrogen) atoms. The third-order valence-electron chi connectivity index (χ3n) is 1.80. The van der Waals surface area contributed by atoms with Gasteiger partial charge >= 0.3 is 5.97 Å². The van der Waals surface area contributed by atoms with Gasteiger partial charge in [0.2, 0.25) is 0 Å². The van der Waals surface area contributed by atoms with E-state index in [0.29, 0.717) is 6.61 Å². The smallest absolute Gasteiger partial charge is 0.302 e. The van der Waals surface area contributed by atoms with Crippen LogP contribution in [0.3, 0.4) is 0 Å². The van der Waals surface area contributed by atoms with Gasteiger partial charge in [-0.2, -0.15) is 5.26 Å². The number of rotatable bonds is 5. The summed E-state index contributed by atoms with van der Waals surface area (Å²) in [6.45, 7) is 5.70. The van der Waals surface area contributed by atoms with Crippen molar-refractivity contribution in [3.63, 3.8) is 0 Å². The number of nitriles is 1. The van der Waals surface area contributed by atoms with Crippen molar-refractivity contribution in [2.45, 2.75) is 40.0 Å². The van der Waals surface area contributed by atoms with E-state index in [2.05, 4.69) is 6.07 Å². The zero-order valence-corrected chi connectivity index (χ0v) is 8.59. The number of esters is 1. The maximum Gasteiger partial charge on any atom is 0.302 e. The monoisotopic (exact) mass is 183 g/mol. The van der Waals surface area contributed by atoms with E-state index in [1.807, 2.05) is 13.8 Å². The van der Waals surface area contributed by atoms with Gasteiger partial charge < -0.3 is 4.74 Å². The molecule has 0 rings (SSSR count). The van der Waals surface area contributed by atoms with Gasteiger partial charge in [0.25, 0.3) is 0 Å². The van der Waals surface area contributed by atoms with Crippen LogP contribution in [-0.4, -0.2) is 12.6 Å². The van der Waals surface area contributed by atoms with Crippen LogP contribution in [0.2, 0.25) is 0 Å². The Hall–Kier alpha value is -1.04. The van der Waals surface area contributed by atoms with Crippen LogP contribution in [0.15, 0.2) is 0 Å². The van der Waals surface area contributed by atoms with Crippen LogP contribution in [0.5, 0.6) is 0 Å². The zero-order valence-electron chi connectivity index (χ0n) is 8.59. The number of nitrogens with zero attached hydrogens (tertiary/aromatic N) is 1. The first-order chi connectivity index (χ1) is 5.98. The average Bonchev–Trinajstić information content (AvgIpc) is 2.03. The Morgan fingerprint density at radius 3 is 2.54 bits per heavy atom. The molecule has 0 saturated carbocycles. The second-order valence-electron chi connectivity index (χ2n) is 3.79. The van der Waals surface area contributed by atoms with Gasteiger partial charge in [0.15, 0.2) is 0 Å². The van der Waals surface area contributed by atoms with E-state index in [-0.39, 0.29) is 11.4 Å². The number of unbranched alkanes of at least 4 members (excludes halogenated alkanes) is 1. The molecule has 3 nitrogen and oxygen atoms in total. The molecule has 0 spiro atoms. The van der Waals surface area contributed by atoms with Gasteiger partial charge in [0.05, 0.1) is 18.1 Å². The van der Waals surface area contributed by atoms with Crippen molar-refractivity contribution in [3.05, 3.63) is 0 Å². The summed E-state index contributed by atoms with van der Waals surface area (Å²) in [6.07, 6.45) is 2.61. The molecule has 0 heterocycles. The minimum atomic E-state index is -0.254. The second kappa shape index (κ2) is 5.58. The highest BCUT2D eigenvalue weighted by Crippen LogP contribution is 2.21. The zero-order chi connectivity index (χ0) is 10.3. The summed E-state index contributed by atoms with van der Waals surface area (Å²) in [7, 11) is 0. The van der Waals surface area contributed by atoms with Crippen LogP contribution in [0.1, 0.15) is 40.0 Å². The highest BCUT2D eigenvalue weighted by molar-refractivity contribution is 5.65. The minimum Gasteiger partial charge on any atom is -0.466 e. The summed E-state index contributed by atoms with van der Waals surface area (Å²) >= 11 is 0. The highest BCUT2D eigenvalue weighted by Gasteiger charge is 2.15. The Balaban J connectivity index is 3.37. The Morgan fingerprint density at radius 1 is 1.46 bits per heavy atom. The van der Waals surface area contributed by atoms with E-state index >= 15 is 0 Å². The molecule has 0 aromatic heterocycles. The van der Waals surface area contributed by atoms with Gasteiger partial charge in [0.1, 0.15) is 0 Å². The lowest BCUT2D eigenvalue weighted by Gasteiger charge is -2.13. The number of hydrogen-bond acceptors (Lipinski definition) is 3. The van der Waals surface area contributed by atoms with E-state index in [1.165, 1.54) is 6.92 Å². The topological polar surface area (TPSA) is 50.1 Å². The number of hydrogen-bond donors (Lipinski definition) is 0. The van der Waals surface area contributed by atoms with E-state index in [1.54, 1.807) is 0 Å². The van der Waals surface area contributed by atoms with Crippen molar-refractivity contribution >= 4 is 5.97 Å². The number of ether oxygens (including phenoxy) is 1. The van der Waals surface area contributed by atoms with E-state index in [4.69, 9.17) is 10.00 Å². The molecular weight excluding hydrogens is 166 g/mol. The molecule has 0 aliphatic heterocycles. The summed E-state index contributed by atoms with van der Waals surface area (Å²) in [5.41, 5.74) is -0.254. The van der Waals surface area contributed by atoms with Gasteiger partial charge in [-0.15, -0.1) is 0 Å². The first kappa shape index (κ1) is 12.0. The molecule has 0 bridgehead atoms. The first-order valence-electron chi connectivity index (χ1n) is 4.52. The van der Waals surface area contributed by atoms with Crippen LogP contribution in [-0.2, 0) is 9.53 Å². The second-order valence-corrected chi connectivity index (χ2v) is 3.79. The molecule has 0 aliphatic carbocycles. The predicted molar refractivity (Wildman–Crippen MR) is 49.9 cm³/mol. The fourth-order valence-corrected chi connectivity index (χ4v) is 0.941. The standard InChI is InChI=1S/C10H17NO2/c1-9(12)13-7-5-4-6-10(2,3)8-11/h4-7H2,1-3H3. The van der Waals surface area contributed by atoms with Crippen LogP contribution < -0.4 is 0 Å². The summed E-state index contributed by atoms with van der Waals surface area (Å²) in [5.74, 6) is -0.237. The Kier molecular flexibility index (Phi) is 5.13. The Bertz CT molecular complexity index is 203. The molecule has 0 amide bonds. The minimum absolute atomic E-state index is 0.237. The van der Waals surface area contributed by atoms with Gasteiger partial charge in [-0.3, -0.25) is 4.79 Å². The van der Waals surface area contributed by atoms with Gasteiger partial charge in [-0.25, -0.2) is 0 Å². The third kappa shape index (κ3) is 7.32. The molecule has 0 atom stereocenters. The molecule has 3 heteroatoms. The van der Waals surface area contributed by atoms with Gasteiger partial charge in [0, 0.05) is 6.92 Å². The first-order valence-corrected chi connectivity index (χ1v) is 4.52. The SMILES string of the molecule is CC(=O)OCCCCC(C)(C)C#N. The van der Waals surface area contributed by atoms with Gasteiger partial charge in [-0.1, -0.05) is 0 Å². The van der Waals surface area contributed by atoms with E-state index in [9.17, 15) is 4.79 Å². The van der Waals surface area contributed by atoms with Crippen LogP contribution in [0.25, 0.3) is 0 Å². The summed E-state index contributed by atoms with van der Waals surface area (Å²) in [4.78, 5) is 10.4. The number of carbonyl (C=O) groups is 1. The largest absolute Gasteiger partial charge is 0.466 e. The predicted octanol–water partition coefficient (Wildman–Crippen LogP) is 2.27. The van der Waals surface area contributed by atoms with Crippen LogP contribution >= 0.6 is 0 Å². The molecule has 0 aromatic rings. The fraction of sp³-hybridized carbons (Fsp3) is 0.800. The Labute approximate surface area is 79.7 Å². The molecule has 0 unspecified atom stereocenters. The van der Waals surface area contributed by atoms with E-state index < -0.39 is 0 Å². The summed E-state index contributed by atoms with van der Waals surface area (Å²) in [6, 6.07) is 2.23. The molecule has 0 N–H and O–H groups in total. The molecule has 0 radical (unpaired) electrons. The Morgan fingerprint density at radius 2 is 2.08 bits per heavy atom. The average molecular weight is 183 g/mol. The maximum atomic E-state index is 10.4. The third-order valence-corrected chi connectivity index (χ3v) is 1.80. The molecule has 0 fully saturated rings. The molecule has 74 valence electrons. The lowest BCUT2D eigenvalue weighted by molar-refractivity contribution is -0.141. The number of carbonyl (C=O) groups excluding carboxylic acids is 1. The van der Waals surface area contributed by atoms with Crippen LogP contribution in [0, 0.1) is 16.7 Å². The van der Waals surface area contributed by atoms with Crippen molar-refractivity contribution in [2.24, 2.45) is 5.41 Å². The van der Waals surface area contributed by atoms with Crippen molar-refractivity contribution in [1.82, 2.24) is 0 Å². The maximum absolute atomic E-state index is 10.4. The normalized spacial score (nSPS) is 10.6. The highest BCUT2D eigenvalue weighted by atomic mass is 16.5. The van der Waals surface area contributed by atoms with Crippen molar-refractivity contribution in [3.8, 4) is 6.07 Å². The molecule has 0 aromatic carbocycles. The lowest BCUT2D eigenvalue weighted by atomic mass is 9.89. The van der Waals surface area contributed by atoms with Crippen molar-refractivity contribution in [2.75, 3.05) is 6.61 Å². The lowest BCUT2D eigenvalue weighted by Crippen LogP contribution is -2.08. The molecular formula is C10H17NO2. The summed E-state index contributed by atoms with van der Waals surface area (Å²) < 4.78 is 4.77. The summed E-state index contributed by atoms with van der Waals surface area (Å²) in [5, 5.41) is 8.70. The molecule has 0 aliphatic rings. The van der Waals surface area contributed by atoms with E-state index in [0.717, 1.165) is 19.3 Å². The quantitative estimate of drug-likeness (QED) is 0.485. The van der Waals surface area contributed by atoms with Crippen molar-refractivity contribution in [1.29, 1.82) is 5.26 Å². The fourth-order valence-electron chi connectivity index (χ4n) is 0.941. The van der Waals surface area contributed by atoms with Gasteiger partial charge in [-0.05, 0) is 33.1 Å². The van der Waals surface area contributed by atoms with Crippen molar-refractivity contribution < 1.29 is 9.53 Å².